The Bertz CT molecular complexity index is 1090. The maximum Gasteiger partial charge on any atom is 0.305 e. The lowest BCUT2D eigenvalue weighted by Gasteiger charge is -2.20. The van der Waals surface area contributed by atoms with Crippen molar-refractivity contribution in [3.8, 4) is 0 Å². The largest absolute Gasteiger partial charge is 0.466 e. The molecule has 0 saturated carbocycles. The highest BCUT2D eigenvalue weighted by Gasteiger charge is 2.18. The van der Waals surface area contributed by atoms with E-state index in [1.807, 2.05) is 6.08 Å². The normalized spacial score (nSPS) is 12.8. The van der Waals surface area contributed by atoms with Gasteiger partial charge in [0, 0.05) is 12.8 Å². The van der Waals surface area contributed by atoms with Gasteiger partial charge >= 0.3 is 5.97 Å². The summed E-state index contributed by atoms with van der Waals surface area (Å²) in [5.41, 5.74) is 0. The number of nitrogens with one attached hydrogen (secondary N) is 1. The molecule has 3 N–H and O–H groups in total. The van der Waals surface area contributed by atoms with Crippen LogP contribution in [0, 0.1) is 0 Å². The molecule has 0 aliphatic heterocycles. The molecule has 0 aliphatic carbocycles. The highest BCUT2D eigenvalue weighted by molar-refractivity contribution is 5.76. The summed E-state index contributed by atoms with van der Waals surface area (Å²) in [4.78, 5) is 24.5. The quantitative estimate of drug-likeness (QED) is 0.0321. The molecule has 2 unspecified atom stereocenters. The molecule has 6 heteroatoms. The molecule has 0 radical (unpaired) electrons. The van der Waals surface area contributed by atoms with Crippen LogP contribution >= 0.6 is 0 Å². The summed E-state index contributed by atoms with van der Waals surface area (Å²) in [6.07, 6.45) is 70.3. The minimum Gasteiger partial charge on any atom is -0.466 e. The van der Waals surface area contributed by atoms with Gasteiger partial charge in [-0.25, -0.2) is 0 Å². The van der Waals surface area contributed by atoms with Crippen LogP contribution < -0.4 is 5.32 Å². The summed E-state index contributed by atoms with van der Waals surface area (Å²) in [7, 11) is 0. The van der Waals surface area contributed by atoms with Gasteiger partial charge in [0.2, 0.25) is 5.91 Å². The summed E-state index contributed by atoms with van der Waals surface area (Å²) in [6, 6.07) is -0.640. The lowest BCUT2D eigenvalue weighted by atomic mass is 10.0. The van der Waals surface area contributed by atoms with Crippen molar-refractivity contribution in [2.75, 3.05) is 13.2 Å². The number of carbonyl (C=O) groups excluding carboxylic acids is 2. The monoisotopic (exact) mass is 942 g/mol. The fraction of sp³-hybridized carbons (Fsp3) is 0.869. The number of aliphatic hydroxyl groups is 2. The fourth-order valence-corrected chi connectivity index (χ4v) is 9.08. The third kappa shape index (κ3) is 53.3. The van der Waals surface area contributed by atoms with E-state index < -0.39 is 12.1 Å². The summed E-state index contributed by atoms with van der Waals surface area (Å²) in [5.74, 6) is -0.0954. The van der Waals surface area contributed by atoms with Gasteiger partial charge in [-0.05, 0) is 70.6 Å². The Morgan fingerprint density at radius 3 is 1.13 bits per heavy atom. The second kappa shape index (κ2) is 56.7. The summed E-state index contributed by atoms with van der Waals surface area (Å²) < 4.78 is 5.47. The average molecular weight is 943 g/mol. The first kappa shape index (κ1) is 65.1. The van der Waals surface area contributed by atoms with Crippen LogP contribution in [0.4, 0.5) is 0 Å². The predicted molar refractivity (Wildman–Crippen MR) is 292 cm³/mol. The molecule has 0 saturated heterocycles. The van der Waals surface area contributed by atoms with Crippen molar-refractivity contribution in [2.45, 2.75) is 328 Å². The van der Waals surface area contributed by atoms with Crippen molar-refractivity contribution < 1.29 is 24.5 Å². The molecule has 67 heavy (non-hydrogen) atoms. The third-order valence-corrected chi connectivity index (χ3v) is 13.7. The molecule has 0 aromatic rings. The van der Waals surface area contributed by atoms with Crippen molar-refractivity contribution in [3.63, 3.8) is 0 Å². The van der Waals surface area contributed by atoms with E-state index in [0.717, 1.165) is 83.5 Å². The summed E-state index contributed by atoms with van der Waals surface area (Å²) in [5, 5.41) is 23.1. The Kier molecular flexibility index (Phi) is 55.0. The second-order valence-electron chi connectivity index (χ2n) is 20.3. The first-order valence-electron chi connectivity index (χ1n) is 29.8. The minimum absolute atomic E-state index is 0.0121. The molecule has 0 bridgehead atoms. The number of rotatable bonds is 55. The van der Waals surface area contributed by atoms with Crippen LogP contribution in [0.25, 0.3) is 0 Å². The summed E-state index contributed by atoms with van der Waals surface area (Å²) in [6.45, 7) is 4.87. The number of amides is 1. The van der Waals surface area contributed by atoms with Crippen LogP contribution in [-0.2, 0) is 14.3 Å². The van der Waals surface area contributed by atoms with Gasteiger partial charge < -0.3 is 20.3 Å². The molecule has 0 aromatic carbocycles. The molecule has 1 amide bonds. The van der Waals surface area contributed by atoms with E-state index in [1.165, 1.54) is 205 Å². The van der Waals surface area contributed by atoms with Gasteiger partial charge in [0.1, 0.15) is 0 Å². The first-order valence-corrected chi connectivity index (χ1v) is 29.8. The molecular weight excluding hydrogens is 827 g/mol. The molecule has 6 nitrogen and oxygen atoms in total. The number of ether oxygens (including phenoxy) is 1. The van der Waals surface area contributed by atoms with Gasteiger partial charge in [-0.1, -0.05) is 269 Å². The van der Waals surface area contributed by atoms with Crippen LogP contribution in [0.5, 0.6) is 0 Å². The topological polar surface area (TPSA) is 95.9 Å². The highest BCUT2D eigenvalue weighted by atomic mass is 16.5. The highest BCUT2D eigenvalue weighted by Crippen LogP contribution is 2.17. The zero-order valence-corrected chi connectivity index (χ0v) is 44.9. The van der Waals surface area contributed by atoms with E-state index in [0.29, 0.717) is 19.4 Å². The van der Waals surface area contributed by atoms with Crippen molar-refractivity contribution in [1.82, 2.24) is 5.32 Å². The fourth-order valence-electron chi connectivity index (χ4n) is 9.08. The number of hydrogen-bond acceptors (Lipinski definition) is 5. The lowest BCUT2D eigenvalue weighted by Crippen LogP contribution is -2.45. The molecule has 394 valence electrons. The molecular formula is C61H115NO5. The molecule has 0 rings (SSSR count). The zero-order chi connectivity index (χ0) is 48.6. The standard InChI is InChI=1S/C61H115NO5/c1-3-5-7-9-11-13-15-17-19-20-23-27-31-35-39-43-47-51-55-61(66)67-56-52-48-44-40-36-32-28-24-21-22-26-30-34-38-42-46-50-54-60(65)62-58(57-63)59(64)53-49-45-41-37-33-29-25-18-16-14-12-10-8-6-4-2/h21,24,32,36,49,53,58-59,63-64H,3-20,22-23,25-31,33-35,37-48,50-52,54-57H2,1-2H3,(H,62,65)/b24-21-,36-32-,53-49+. The Labute approximate surface area is 417 Å². The smallest absolute Gasteiger partial charge is 0.305 e. The van der Waals surface area contributed by atoms with Crippen LogP contribution in [0.2, 0.25) is 0 Å². The predicted octanol–water partition coefficient (Wildman–Crippen LogP) is 18.4. The van der Waals surface area contributed by atoms with E-state index >= 15 is 0 Å². The SMILES string of the molecule is CCCCCCCCCCCCCCC/C=C/C(O)C(CO)NC(=O)CCCCCCCCC/C=C\C/C=C\CCCCCOC(=O)CCCCCCCCCCCCCCCCCCCC. The number of esters is 1. The van der Waals surface area contributed by atoms with E-state index in [1.54, 1.807) is 6.08 Å². The Morgan fingerprint density at radius 1 is 0.418 bits per heavy atom. The van der Waals surface area contributed by atoms with Crippen molar-refractivity contribution in [2.24, 2.45) is 0 Å². The Morgan fingerprint density at radius 2 is 0.746 bits per heavy atom. The van der Waals surface area contributed by atoms with E-state index in [9.17, 15) is 19.8 Å². The van der Waals surface area contributed by atoms with Crippen LogP contribution in [0.1, 0.15) is 316 Å². The van der Waals surface area contributed by atoms with Gasteiger partial charge in [0.05, 0.1) is 25.4 Å². The second-order valence-corrected chi connectivity index (χ2v) is 20.3. The van der Waals surface area contributed by atoms with Gasteiger partial charge in [0.25, 0.3) is 0 Å². The molecule has 0 fully saturated rings. The number of hydrogen-bond donors (Lipinski definition) is 3. The molecule has 2 atom stereocenters. The van der Waals surface area contributed by atoms with Gasteiger partial charge in [0.15, 0.2) is 0 Å². The Balaban J connectivity index is 3.50. The number of allylic oxidation sites excluding steroid dienone is 5. The maximum absolute atomic E-state index is 12.4. The van der Waals surface area contributed by atoms with Crippen LogP contribution in [0.15, 0.2) is 36.5 Å². The third-order valence-electron chi connectivity index (χ3n) is 13.7. The van der Waals surface area contributed by atoms with Crippen molar-refractivity contribution >= 4 is 11.9 Å². The first-order chi connectivity index (χ1) is 33.0. The van der Waals surface area contributed by atoms with Gasteiger partial charge in [-0.3, -0.25) is 9.59 Å². The maximum atomic E-state index is 12.4. The van der Waals surface area contributed by atoms with E-state index in [2.05, 4.69) is 43.5 Å². The minimum atomic E-state index is -0.855. The molecule has 0 spiro atoms. The van der Waals surface area contributed by atoms with Crippen LogP contribution in [0.3, 0.4) is 0 Å². The van der Waals surface area contributed by atoms with Gasteiger partial charge in [-0.2, -0.15) is 0 Å². The molecule has 0 aromatic heterocycles. The Hall–Kier alpha value is -1.92. The van der Waals surface area contributed by atoms with Crippen molar-refractivity contribution in [3.05, 3.63) is 36.5 Å². The molecule has 0 aliphatic rings. The van der Waals surface area contributed by atoms with Crippen LogP contribution in [-0.4, -0.2) is 47.4 Å². The lowest BCUT2D eigenvalue weighted by molar-refractivity contribution is -0.143. The zero-order valence-electron chi connectivity index (χ0n) is 44.9. The van der Waals surface area contributed by atoms with Gasteiger partial charge in [-0.15, -0.1) is 0 Å². The van der Waals surface area contributed by atoms with E-state index in [-0.39, 0.29) is 18.5 Å². The number of unbranched alkanes of at least 4 members (excludes halogenated alkanes) is 40. The van der Waals surface area contributed by atoms with E-state index in [4.69, 9.17) is 4.74 Å². The summed E-state index contributed by atoms with van der Waals surface area (Å²) >= 11 is 0. The number of aliphatic hydroxyl groups excluding tert-OH is 2. The number of carbonyl (C=O) groups is 2. The van der Waals surface area contributed by atoms with Crippen molar-refractivity contribution in [1.29, 1.82) is 0 Å². The molecule has 0 heterocycles. The average Bonchev–Trinajstić information content (AvgIpc) is 3.33.